The molecule has 0 aromatic rings. The number of likely N-dealkylation sites (tertiary alicyclic amines) is 1. The van der Waals surface area contributed by atoms with Crippen LogP contribution in [0.2, 0.25) is 0 Å². The zero-order valence-electron chi connectivity index (χ0n) is 13.5. The van der Waals surface area contributed by atoms with Crippen LogP contribution in [0, 0.1) is 0 Å². The zero-order chi connectivity index (χ0) is 17.1. The number of ether oxygens (including phenoxy) is 1. The predicted octanol–water partition coefficient (Wildman–Crippen LogP) is 0.697. The number of hydroxylamine groups is 1. The van der Waals surface area contributed by atoms with E-state index in [1.54, 1.807) is 0 Å². The smallest absolute Gasteiger partial charge is 0.332 e. The molecule has 1 aliphatic rings. The van der Waals surface area contributed by atoms with E-state index >= 15 is 0 Å². The number of methoxy groups -OCH3 is 1. The third-order valence-corrected chi connectivity index (χ3v) is 3.54. The molecule has 0 aromatic heterocycles. The topological polar surface area (TPSA) is 102 Å². The van der Waals surface area contributed by atoms with Gasteiger partial charge in [-0.1, -0.05) is 0 Å². The van der Waals surface area contributed by atoms with Crippen LogP contribution in [0.5, 0.6) is 0 Å². The van der Waals surface area contributed by atoms with Crippen molar-refractivity contribution < 1.29 is 28.8 Å². The minimum atomic E-state index is -0.608. The first kappa shape index (κ1) is 18.9. The predicted molar refractivity (Wildman–Crippen MR) is 79.8 cm³/mol. The Hall–Kier alpha value is -2.12. The van der Waals surface area contributed by atoms with Crippen LogP contribution in [0.25, 0.3) is 0 Å². The van der Waals surface area contributed by atoms with Crippen molar-refractivity contribution in [3.63, 3.8) is 0 Å². The first-order valence-corrected chi connectivity index (χ1v) is 7.86. The number of nitrogens with one attached hydrogen (secondary N) is 1. The van der Waals surface area contributed by atoms with E-state index in [1.165, 1.54) is 7.11 Å². The second-order valence-electron chi connectivity index (χ2n) is 5.37. The van der Waals surface area contributed by atoms with Crippen LogP contribution in [-0.2, 0) is 28.8 Å². The van der Waals surface area contributed by atoms with Gasteiger partial charge in [0.2, 0.25) is 5.91 Å². The van der Waals surface area contributed by atoms with E-state index in [0.717, 1.165) is 32.4 Å². The molecule has 0 aromatic carbocycles. The Labute approximate surface area is 135 Å². The monoisotopic (exact) mass is 328 g/mol. The van der Waals surface area contributed by atoms with E-state index in [0.29, 0.717) is 12.8 Å². The average molecular weight is 328 g/mol. The molecule has 1 rings (SSSR count). The molecule has 1 fully saturated rings. The summed E-state index contributed by atoms with van der Waals surface area (Å²) in [6.07, 6.45) is 3.76. The van der Waals surface area contributed by atoms with Crippen LogP contribution >= 0.6 is 0 Å². The Morgan fingerprint density at radius 1 is 0.913 bits per heavy atom. The van der Waals surface area contributed by atoms with Gasteiger partial charge in [-0.2, -0.15) is 5.48 Å². The highest BCUT2D eigenvalue weighted by atomic mass is 16.7. The Kier molecular flexibility index (Phi) is 8.71. The number of hydrogen-bond acceptors (Lipinski definition) is 6. The summed E-state index contributed by atoms with van der Waals surface area (Å²) < 4.78 is 4.39. The third kappa shape index (κ3) is 8.18. The van der Waals surface area contributed by atoms with Gasteiger partial charge in [-0.05, 0) is 25.7 Å². The lowest BCUT2D eigenvalue weighted by Gasteiger charge is -2.26. The molecule has 0 bridgehead atoms. The lowest BCUT2D eigenvalue weighted by Crippen LogP contribution is -2.35. The van der Waals surface area contributed by atoms with Gasteiger partial charge in [0.05, 0.1) is 13.5 Å². The van der Waals surface area contributed by atoms with E-state index in [1.807, 2.05) is 10.4 Å². The molecular weight excluding hydrogens is 304 g/mol. The summed E-state index contributed by atoms with van der Waals surface area (Å²) in [5, 5.41) is 0. The molecule has 1 saturated heterocycles. The fraction of sp³-hybridized carbons (Fsp3) is 0.733. The number of piperidine rings is 1. The van der Waals surface area contributed by atoms with E-state index in [9.17, 15) is 19.2 Å². The highest BCUT2D eigenvalue weighted by Gasteiger charge is 2.16. The van der Waals surface area contributed by atoms with Crippen molar-refractivity contribution in [3.05, 3.63) is 0 Å². The molecule has 8 nitrogen and oxygen atoms in total. The van der Waals surface area contributed by atoms with Gasteiger partial charge < -0.3 is 14.5 Å². The molecule has 0 atom stereocenters. The van der Waals surface area contributed by atoms with E-state index in [-0.39, 0.29) is 25.2 Å². The highest BCUT2D eigenvalue weighted by Crippen LogP contribution is 2.11. The van der Waals surface area contributed by atoms with Crippen LogP contribution < -0.4 is 5.48 Å². The van der Waals surface area contributed by atoms with Crippen molar-refractivity contribution in [2.45, 2.75) is 51.4 Å². The van der Waals surface area contributed by atoms with Gasteiger partial charge in [-0.15, -0.1) is 0 Å². The summed E-state index contributed by atoms with van der Waals surface area (Å²) in [6, 6.07) is 0. The SMILES string of the molecule is COC(=O)CCC(=O)NOC(=O)CCCC(=O)N1CCCCC1. The fourth-order valence-electron chi connectivity index (χ4n) is 2.22. The number of hydrogen-bond donors (Lipinski definition) is 1. The van der Waals surface area contributed by atoms with Gasteiger partial charge in [0.15, 0.2) is 0 Å². The standard InChI is InChI=1S/C15H24N2O6/c1-22-14(20)9-8-12(18)16-23-15(21)7-5-6-13(19)17-10-3-2-4-11-17/h2-11H2,1H3,(H,16,18). The number of carbonyl (C=O) groups is 4. The molecule has 23 heavy (non-hydrogen) atoms. The Balaban J connectivity index is 2.08. The van der Waals surface area contributed by atoms with E-state index in [4.69, 9.17) is 0 Å². The van der Waals surface area contributed by atoms with Crippen molar-refractivity contribution in [3.8, 4) is 0 Å². The van der Waals surface area contributed by atoms with Crippen molar-refractivity contribution in [1.82, 2.24) is 10.4 Å². The first-order chi connectivity index (χ1) is 11.0. The van der Waals surface area contributed by atoms with Crippen molar-refractivity contribution >= 4 is 23.8 Å². The lowest BCUT2D eigenvalue weighted by atomic mass is 10.1. The number of esters is 1. The molecule has 0 spiro atoms. The summed E-state index contributed by atoms with van der Waals surface area (Å²) in [7, 11) is 1.23. The first-order valence-electron chi connectivity index (χ1n) is 7.86. The largest absolute Gasteiger partial charge is 0.469 e. The molecule has 1 N–H and O–H groups in total. The van der Waals surface area contributed by atoms with Gasteiger partial charge >= 0.3 is 11.9 Å². The number of carbonyl (C=O) groups excluding carboxylic acids is 4. The second kappa shape index (κ2) is 10.6. The van der Waals surface area contributed by atoms with E-state index in [2.05, 4.69) is 9.57 Å². The molecule has 0 aliphatic carbocycles. The zero-order valence-corrected chi connectivity index (χ0v) is 13.5. The second-order valence-corrected chi connectivity index (χ2v) is 5.37. The fourth-order valence-corrected chi connectivity index (χ4v) is 2.22. The maximum Gasteiger partial charge on any atom is 0.332 e. The lowest BCUT2D eigenvalue weighted by molar-refractivity contribution is -0.158. The number of amides is 2. The number of nitrogens with zero attached hydrogens (tertiary/aromatic N) is 1. The summed E-state index contributed by atoms with van der Waals surface area (Å²) in [5.41, 5.74) is 1.97. The number of rotatable bonds is 7. The molecule has 1 heterocycles. The van der Waals surface area contributed by atoms with Crippen molar-refractivity contribution in [2.75, 3.05) is 20.2 Å². The molecule has 0 unspecified atom stereocenters. The van der Waals surface area contributed by atoms with Crippen LogP contribution in [-0.4, -0.2) is 48.9 Å². The minimum Gasteiger partial charge on any atom is -0.469 e. The van der Waals surface area contributed by atoms with Crippen molar-refractivity contribution in [1.29, 1.82) is 0 Å². The minimum absolute atomic E-state index is 0.0524. The molecule has 1 aliphatic heterocycles. The summed E-state index contributed by atoms with van der Waals surface area (Å²) >= 11 is 0. The summed E-state index contributed by atoms with van der Waals surface area (Å²) in [5.74, 6) is -1.64. The normalized spacial score (nSPS) is 14.0. The third-order valence-electron chi connectivity index (χ3n) is 3.54. The Morgan fingerprint density at radius 2 is 1.61 bits per heavy atom. The van der Waals surface area contributed by atoms with Crippen LogP contribution in [0.3, 0.4) is 0 Å². The van der Waals surface area contributed by atoms with Gasteiger partial charge in [0.1, 0.15) is 0 Å². The van der Waals surface area contributed by atoms with Crippen LogP contribution in [0.1, 0.15) is 51.4 Å². The molecule has 0 radical (unpaired) electrons. The molecule has 2 amide bonds. The Bertz CT molecular complexity index is 432. The highest BCUT2D eigenvalue weighted by molar-refractivity contribution is 5.82. The Morgan fingerprint density at radius 3 is 2.26 bits per heavy atom. The average Bonchev–Trinajstić information content (AvgIpc) is 2.58. The summed E-state index contributed by atoms with van der Waals surface area (Å²) in [4.78, 5) is 51.9. The van der Waals surface area contributed by atoms with Crippen molar-refractivity contribution in [2.24, 2.45) is 0 Å². The molecule has 0 saturated carbocycles. The van der Waals surface area contributed by atoms with Gasteiger partial charge in [-0.3, -0.25) is 14.4 Å². The maximum absolute atomic E-state index is 11.9. The molecule has 8 heteroatoms. The van der Waals surface area contributed by atoms with Crippen LogP contribution in [0.15, 0.2) is 0 Å². The van der Waals surface area contributed by atoms with E-state index < -0.39 is 17.8 Å². The maximum atomic E-state index is 11.9. The van der Waals surface area contributed by atoms with Crippen LogP contribution in [0.4, 0.5) is 0 Å². The quantitative estimate of drug-likeness (QED) is 0.545. The van der Waals surface area contributed by atoms with Gasteiger partial charge in [0.25, 0.3) is 5.91 Å². The van der Waals surface area contributed by atoms with Gasteiger partial charge in [0, 0.05) is 32.4 Å². The molecule has 130 valence electrons. The molecular formula is C15H24N2O6. The summed E-state index contributed by atoms with van der Waals surface area (Å²) in [6.45, 7) is 1.58. The van der Waals surface area contributed by atoms with Gasteiger partial charge in [-0.25, -0.2) is 4.79 Å².